The van der Waals surface area contributed by atoms with E-state index < -0.39 is 16.0 Å². The van der Waals surface area contributed by atoms with Gasteiger partial charge in [-0.2, -0.15) is 13.5 Å². The maximum atomic E-state index is 12.6. The summed E-state index contributed by atoms with van der Waals surface area (Å²) in [5.41, 5.74) is 1.38. The number of carbonyl (C=O) groups is 1. The maximum Gasteiger partial charge on any atom is 0.341 e. The van der Waals surface area contributed by atoms with Crippen LogP contribution in [0.1, 0.15) is 21.5 Å². The molecular formula is C25H23N3O6S. The summed E-state index contributed by atoms with van der Waals surface area (Å²) >= 11 is 0. The van der Waals surface area contributed by atoms with Crippen molar-refractivity contribution in [3.8, 4) is 11.5 Å². The smallest absolute Gasteiger partial charge is 0.341 e. The summed E-state index contributed by atoms with van der Waals surface area (Å²) in [5, 5.41) is 5.86. The van der Waals surface area contributed by atoms with Crippen LogP contribution < -0.4 is 9.47 Å². The van der Waals surface area contributed by atoms with Crippen LogP contribution >= 0.6 is 0 Å². The topological polar surface area (TPSA) is 107 Å². The molecule has 4 rings (SSSR count). The normalized spacial score (nSPS) is 13.7. The number of para-hydroxylation sites is 2. The number of hydrogen-bond acceptors (Lipinski definition) is 8. The van der Waals surface area contributed by atoms with Crippen molar-refractivity contribution in [3.63, 3.8) is 0 Å². The van der Waals surface area contributed by atoms with Crippen molar-refractivity contribution in [2.45, 2.75) is 4.90 Å². The number of fused-ring (bicyclic) bond motifs is 1. The van der Waals surface area contributed by atoms with Crippen LogP contribution in [0.5, 0.6) is 11.5 Å². The fourth-order valence-corrected chi connectivity index (χ4v) is 4.72. The molecule has 1 aliphatic rings. The lowest BCUT2D eigenvalue weighted by Crippen LogP contribution is -2.30. The van der Waals surface area contributed by atoms with Crippen LogP contribution in [-0.2, 0) is 14.8 Å². The molecule has 3 aromatic rings. The number of benzene rings is 3. The van der Waals surface area contributed by atoms with Crippen molar-refractivity contribution in [1.82, 2.24) is 5.01 Å². The van der Waals surface area contributed by atoms with Crippen LogP contribution in [0.25, 0.3) is 0 Å². The van der Waals surface area contributed by atoms with Gasteiger partial charge in [-0.3, -0.25) is 0 Å². The highest BCUT2D eigenvalue weighted by atomic mass is 32.2. The quantitative estimate of drug-likeness (QED) is 0.269. The zero-order chi connectivity index (χ0) is 24.8. The molecule has 0 N–H and O–H groups in total. The van der Waals surface area contributed by atoms with E-state index in [2.05, 4.69) is 9.50 Å². The largest absolute Gasteiger partial charge is 0.496 e. The minimum absolute atomic E-state index is 0.0508. The first-order valence-corrected chi connectivity index (χ1v) is 12.1. The van der Waals surface area contributed by atoms with E-state index in [-0.39, 0.29) is 29.4 Å². The van der Waals surface area contributed by atoms with Gasteiger partial charge in [0.25, 0.3) is 10.0 Å². The van der Waals surface area contributed by atoms with E-state index in [0.717, 1.165) is 0 Å². The van der Waals surface area contributed by atoms with E-state index in [0.29, 0.717) is 22.6 Å². The summed E-state index contributed by atoms with van der Waals surface area (Å²) < 4.78 is 45.1. The zero-order valence-corrected chi connectivity index (χ0v) is 19.9. The highest BCUT2D eigenvalue weighted by Crippen LogP contribution is 2.28. The summed E-state index contributed by atoms with van der Waals surface area (Å²) in [6, 6.07) is 20.5. The van der Waals surface area contributed by atoms with Gasteiger partial charge < -0.3 is 14.2 Å². The van der Waals surface area contributed by atoms with E-state index in [1.165, 1.54) is 24.4 Å². The number of sulfonamides is 1. The molecule has 35 heavy (non-hydrogen) atoms. The fourth-order valence-electron chi connectivity index (χ4n) is 3.51. The Morgan fingerprint density at radius 1 is 0.943 bits per heavy atom. The van der Waals surface area contributed by atoms with Crippen LogP contribution in [0.15, 0.2) is 87.2 Å². The summed E-state index contributed by atoms with van der Waals surface area (Å²) in [6.45, 7) is -0.0311. The zero-order valence-electron chi connectivity index (χ0n) is 19.1. The molecule has 0 spiro atoms. The number of ether oxygens (including phenoxy) is 3. The Labute approximate surface area is 203 Å². The Bertz CT molecular complexity index is 1400. The van der Waals surface area contributed by atoms with E-state index in [4.69, 9.17) is 14.2 Å². The summed E-state index contributed by atoms with van der Waals surface area (Å²) in [5.74, 6) is 0.557. The van der Waals surface area contributed by atoms with Gasteiger partial charge in [0, 0.05) is 11.1 Å². The third-order valence-corrected chi connectivity index (χ3v) is 6.52. The van der Waals surface area contributed by atoms with Crippen molar-refractivity contribution < 1.29 is 27.4 Å². The van der Waals surface area contributed by atoms with Crippen LogP contribution in [0.4, 0.5) is 0 Å². The number of esters is 1. The van der Waals surface area contributed by atoms with Crippen LogP contribution in [0.3, 0.4) is 0 Å². The van der Waals surface area contributed by atoms with Gasteiger partial charge in [0.2, 0.25) is 0 Å². The predicted molar refractivity (Wildman–Crippen MR) is 131 cm³/mol. The molecule has 0 amide bonds. The molecule has 1 aliphatic heterocycles. The number of hydrazone groups is 1. The summed E-state index contributed by atoms with van der Waals surface area (Å²) in [7, 11) is -0.849. The molecule has 0 unspecified atom stereocenters. The van der Waals surface area contributed by atoms with Gasteiger partial charge in [-0.05, 0) is 36.4 Å². The van der Waals surface area contributed by atoms with Crippen molar-refractivity contribution in [3.05, 3.63) is 89.5 Å². The first-order valence-electron chi connectivity index (χ1n) is 10.6. The number of rotatable bonds is 8. The van der Waals surface area contributed by atoms with E-state index in [9.17, 15) is 13.2 Å². The van der Waals surface area contributed by atoms with Gasteiger partial charge >= 0.3 is 5.97 Å². The number of carbonyl (C=O) groups excluding carboxylic acids is 1. The molecule has 3 aromatic carbocycles. The van der Waals surface area contributed by atoms with Crippen LogP contribution in [0.2, 0.25) is 0 Å². The minimum atomic E-state index is -3.87. The van der Waals surface area contributed by atoms with Crippen LogP contribution in [0, 0.1) is 0 Å². The maximum absolute atomic E-state index is 12.6. The number of hydrogen-bond donors (Lipinski definition) is 0. The second-order valence-corrected chi connectivity index (χ2v) is 8.90. The molecule has 0 saturated heterocycles. The van der Waals surface area contributed by atoms with Gasteiger partial charge in [-0.25, -0.2) is 9.80 Å². The number of amidine groups is 1. The van der Waals surface area contributed by atoms with E-state index in [1.54, 1.807) is 55.6 Å². The molecule has 0 aromatic heterocycles. The van der Waals surface area contributed by atoms with Gasteiger partial charge in [0.15, 0.2) is 5.84 Å². The minimum Gasteiger partial charge on any atom is -0.496 e. The fraction of sp³-hybridized carbons (Fsp3) is 0.160. The highest BCUT2D eigenvalue weighted by molar-refractivity contribution is 7.90. The third-order valence-electron chi connectivity index (χ3n) is 5.20. The number of methoxy groups -OCH3 is 2. The Morgan fingerprint density at radius 3 is 2.37 bits per heavy atom. The predicted octanol–water partition coefficient (Wildman–Crippen LogP) is 3.35. The van der Waals surface area contributed by atoms with Crippen molar-refractivity contribution in [1.29, 1.82) is 0 Å². The first kappa shape index (κ1) is 24.0. The SMILES string of the molecule is COc1ccccc1/C=N\N(CCOC(=O)c1ccccc1OC)C1=NS(=O)(=O)c2ccccc21. The second-order valence-electron chi connectivity index (χ2n) is 7.33. The molecule has 1 heterocycles. The van der Waals surface area contributed by atoms with Crippen molar-refractivity contribution in [2.24, 2.45) is 9.50 Å². The molecule has 9 nitrogen and oxygen atoms in total. The molecule has 0 bridgehead atoms. The molecule has 0 fully saturated rings. The van der Waals surface area contributed by atoms with E-state index >= 15 is 0 Å². The molecular weight excluding hydrogens is 470 g/mol. The summed E-state index contributed by atoms with van der Waals surface area (Å²) in [6.07, 6.45) is 1.54. The van der Waals surface area contributed by atoms with Gasteiger partial charge in [-0.15, -0.1) is 4.40 Å². The molecule has 0 aliphatic carbocycles. The first-order chi connectivity index (χ1) is 16.9. The Balaban J connectivity index is 1.60. The second kappa shape index (κ2) is 10.4. The monoisotopic (exact) mass is 493 g/mol. The standard InChI is InChI=1S/C25H23N3O6S/c1-32-21-12-6-3-9-18(21)17-26-28(24-20-11-5-8-14-23(20)35(30,31)27-24)15-16-34-25(29)19-10-4-7-13-22(19)33-2/h3-14,17H,15-16H2,1-2H3/b26-17-. The average molecular weight is 494 g/mol. The van der Waals surface area contributed by atoms with Crippen molar-refractivity contribution in [2.75, 3.05) is 27.4 Å². The van der Waals surface area contributed by atoms with Crippen LogP contribution in [-0.4, -0.2) is 58.8 Å². The molecule has 0 radical (unpaired) electrons. The highest BCUT2D eigenvalue weighted by Gasteiger charge is 2.31. The Kier molecular flexibility index (Phi) is 7.11. The lowest BCUT2D eigenvalue weighted by molar-refractivity contribution is 0.0483. The molecule has 0 atom stereocenters. The third kappa shape index (κ3) is 5.17. The Hall–Kier alpha value is -4.18. The molecule has 180 valence electrons. The van der Waals surface area contributed by atoms with E-state index in [1.807, 2.05) is 18.2 Å². The van der Waals surface area contributed by atoms with Gasteiger partial charge in [-0.1, -0.05) is 36.4 Å². The number of nitrogens with zero attached hydrogens (tertiary/aromatic N) is 3. The van der Waals surface area contributed by atoms with Gasteiger partial charge in [0.1, 0.15) is 28.6 Å². The van der Waals surface area contributed by atoms with Gasteiger partial charge in [0.05, 0.1) is 27.0 Å². The molecule has 0 saturated carbocycles. The summed E-state index contributed by atoms with van der Waals surface area (Å²) in [4.78, 5) is 12.7. The average Bonchev–Trinajstić information content (AvgIpc) is 3.16. The Morgan fingerprint density at radius 2 is 1.60 bits per heavy atom. The van der Waals surface area contributed by atoms with Crippen molar-refractivity contribution >= 4 is 28.0 Å². The molecule has 10 heteroatoms. The lowest BCUT2D eigenvalue weighted by atomic mass is 10.2. The lowest BCUT2D eigenvalue weighted by Gasteiger charge is -2.19.